The molecule has 1 N–H and O–H groups in total. The second-order valence-corrected chi connectivity index (χ2v) is 6.16. The molecule has 0 saturated carbocycles. The minimum atomic E-state index is 0.360. The Hall–Kier alpha value is -2.00. The highest BCUT2D eigenvalue weighted by molar-refractivity contribution is 5.62. The van der Waals surface area contributed by atoms with E-state index in [1.165, 1.54) is 22.4 Å². The normalized spacial score (nSPS) is 21.2. The number of hydrogen-bond acceptors (Lipinski definition) is 3. The average Bonchev–Trinajstić information content (AvgIpc) is 2.61. The molecule has 0 radical (unpaired) electrons. The smallest absolute Gasteiger partial charge is 0.116 e. The number of phenolic OH excluding ortho intramolecular Hbond substituents is 1. The predicted molar refractivity (Wildman–Crippen MR) is 84.9 cm³/mol. The third-order valence-corrected chi connectivity index (χ3v) is 4.75. The number of piperazine rings is 1. The fourth-order valence-electron chi connectivity index (χ4n) is 3.69. The van der Waals surface area contributed by atoms with Crippen molar-refractivity contribution in [3.05, 3.63) is 59.2 Å². The van der Waals surface area contributed by atoms with Gasteiger partial charge in [-0.05, 0) is 48.4 Å². The Kier molecular flexibility index (Phi) is 2.89. The maximum atomic E-state index is 9.84. The van der Waals surface area contributed by atoms with E-state index in [4.69, 9.17) is 0 Å². The lowest BCUT2D eigenvalue weighted by molar-refractivity contribution is 0.269. The molecule has 108 valence electrons. The third-order valence-electron chi connectivity index (χ3n) is 4.75. The number of aromatic hydroxyl groups is 1. The number of benzene rings is 2. The largest absolute Gasteiger partial charge is 0.508 e. The molecular weight excluding hydrogens is 260 g/mol. The Labute approximate surface area is 125 Å². The van der Waals surface area contributed by atoms with E-state index in [-0.39, 0.29) is 0 Å². The number of fused-ring (bicyclic) bond motifs is 5. The molecule has 2 aromatic carbocycles. The number of rotatable bonds is 0. The van der Waals surface area contributed by atoms with Gasteiger partial charge in [-0.3, -0.25) is 0 Å². The molecule has 2 aromatic rings. The molecule has 2 aliphatic heterocycles. The standard InChI is InChI=1S/C18H20N2O/c1-19-8-9-20-17-7-6-15(21)11-14(17)10-13-4-2-3-5-16(13)18(20)12-19/h2-7,11,18,21H,8-10,12H2,1H3. The van der Waals surface area contributed by atoms with Crippen molar-refractivity contribution in [1.82, 2.24) is 4.90 Å². The second kappa shape index (κ2) is 4.78. The molecule has 0 aliphatic carbocycles. The Bertz CT molecular complexity index is 683. The topological polar surface area (TPSA) is 26.7 Å². The van der Waals surface area contributed by atoms with Gasteiger partial charge in [-0.25, -0.2) is 0 Å². The molecular formula is C18H20N2O. The Balaban J connectivity index is 1.90. The number of hydrogen-bond donors (Lipinski definition) is 1. The van der Waals surface area contributed by atoms with Crippen LogP contribution in [0, 0.1) is 0 Å². The van der Waals surface area contributed by atoms with Gasteiger partial charge in [-0.15, -0.1) is 0 Å². The molecule has 2 heterocycles. The van der Waals surface area contributed by atoms with Gasteiger partial charge in [0.2, 0.25) is 0 Å². The van der Waals surface area contributed by atoms with Crippen LogP contribution in [-0.4, -0.2) is 36.7 Å². The van der Waals surface area contributed by atoms with Gasteiger partial charge in [0.15, 0.2) is 0 Å². The molecule has 3 nitrogen and oxygen atoms in total. The molecule has 0 bridgehead atoms. The summed E-state index contributed by atoms with van der Waals surface area (Å²) in [5, 5.41) is 9.84. The van der Waals surface area contributed by atoms with E-state index < -0.39 is 0 Å². The van der Waals surface area contributed by atoms with Crippen LogP contribution in [-0.2, 0) is 6.42 Å². The van der Waals surface area contributed by atoms with Crippen LogP contribution in [0.25, 0.3) is 0 Å². The summed E-state index contributed by atoms with van der Waals surface area (Å²) in [5.41, 5.74) is 5.32. The van der Waals surface area contributed by atoms with Crippen LogP contribution in [0.2, 0.25) is 0 Å². The van der Waals surface area contributed by atoms with Crippen LogP contribution in [0.5, 0.6) is 5.75 Å². The first-order valence-electron chi connectivity index (χ1n) is 7.57. The monoisotopic (exact) mass is 280 g/mol. The highest BCUT2D eigenvalue weighted by atomic mass is 16.3. The summed E-state index contributed by atoms with van der Waals surface area (Å²) in [5.74, 6) is 0.360. The average molecular weight is 280 g/mol. The van der Waals surface area contributed by atoms with Crippen molar-refractivity contribution in [1.29, 1.82) is 0 Å². The van der Waals surface area contributed by atoms with Crippen molar-refractivity contribution in [3.8, 4) is 5.75 Å². The lowest BCUT2D eigenvalue weighted by Gasteiger charge is -2.41. The molecule has 1 saturated heterocycles. The van der Waals surface area contributed by atoms with E-state index in [0.29, 0.717) is 11.8 Å². The fourth-order valence-corrected chi connectivity index (χ4v) is 3.69. The zero-order valence-electron chi connectivity index (χ0n) is 12.3. The maximum Gasteiger partial charge on any atom is 0.116 e. The summed E-state index contributed by atoms with van der Waals surface area (Å²) in [4.78, 5) is 4.92. The van der Waals surface area contributed by atoms with E-state index in [9.17, 15) is 5.11 Å². The minimum Gasteiger partial charge on any atom is -0.508 e. The lowest BCUT2D eigenvalue weighted by Crippen LogP contribution is -2.46. The zero-order chi connectivity index (χ0) is 14.4. The van der Waals surface area contributed by atoms with E-state index in [0.717, 1.165) is 26.1 Å². The maximum absolute atomic E-state index is 9.84. The summed E-state index contributed by atoms with van der Waals surface area (Å²) in [6.07, 6.45) is 0.899. The highest BCUT2D eigenvalue weighted by Crippen LogP contribution is 2.39. The molecule has 21 heavy (non-hydrogen) atoms. The third kappa shape index (κ3) is 2.09. The van der Waals surface area contributed by atoms with Crippen LogP contribution in [0.4, 0.5) is 5.69 Å². The van der Waals surface area contributed by atoms with E-state index >= 15 is 0 Å². The molecule has 0 amide bonds. The molecule has 1 unspecified atom stereocenters. The fraction of sp³-hybridized carbons (Fsp3) is 0.333. The quantitative estimate of drug-likeness (QED) is 0.804. The Morgan fingerprint density at radius 2 is 1.90 bits per heavy atom. The van der Waals surface area contributed by atoms with Crippen LogP contribution in [0.1, 0.15) is 22.7 Å². The number of anilines is 1. The minimum absolute atomic E-state index is 0.360. The van der Waals surface area contributed by atoms with Crippen molar-refractivity contribution in [2.75, 3.05) is 31.6 Å². The van der Waals surface area contributed by atoms with Gasteiger partial charge in [0.05, 0.1) is 6.04 Å². The Morgan fingerprint density at radius 3 is 2.81 bits per heavy atom. The number of phenols is 1. The molecule has 0 spiro atoms. The first kappa shape index (κ1) is 12.7. The molecule has 3 heteroatoms. The first-order valence-corrected chi connectivity index (χ1v) is 7.57. The van der Waals surface area contributed by atoms with Gasteiger partial charge in [0.25, 0.3) is 0 Å². The summed E-state index contributed by atoms with van der Waals surface area (Å²) in [7, 11) is 2.20. The van der Waals surface area contributed by atoms with E-state index in [1.54, 1.807) is 0 Å². The van der Waals surface area contributed by atoms with E-state index in [2.05, 4.69) is 47.2 Å². The number of nitrogens with zero attached hydrogens (tertiary/aromatic N) is 2. The molecule has 0 aromatic heterocycles. The van der Waals surface area contributed by atoms with Crippen molar-refractivity contribution < 1.29 is 5.11 Å². The molecule has 1 atom stereocenters. The van der Waals surface area contributed by atoms with Gasteiger partial charge in [0, 0.05) is 25.3 Å². The van der Waals surface area contributed by atoms with Gasteiger partial charge in [-0.1, -0.05) is 24.3 Å². The van der Waals surface area contributed by atoms with Crippen molar-refractivity contribution in [2.45, 2.75) is 12.5 Å². The van der Waals surface area contributed by atoms with Crippen LogP contribution >= 0.6 is 0 Å². The Morgan fingerprint density at radius 1 is 1.05 bits per heavy atom. The van der Waals surface area contributed by atoms with Gasteiger partial charge >= 0.3 is 0 Å². The molecule has 2 aliphatic rings. The van der Waals surface area contributed by atoms with Crippen molar-refractivity contribution in [3.63, 3.8) is 0 Å². The first-order chi connectivity index (χ1) is 10.2. The predicted octanol–water partition coefficient (Wildman–Crippen LogP) is 2.79. The van der Waals surface area contributed by atoms with Gasteiger partial charge < -0.3 is 14.9 Å². The summed E-state index contributed by atoms with van der Waals surface area (Å²) in [6, 6.07) is 15.0. The number of likely N-dealkylation sites (N-methyl/N-ethyl adjacent to an activating group) is 1. The highest BCUT2D eigenvalue weighted by Gasteiger charge is 2.32. The molecule has 4 rings (SSSR count). The second-order valence-electron chi connectivity index (χ2n) is 6.16. The van der Waals surface area contributed by atoms with Crippen LogP contribution in [0.3, 0.4) is 0 Å². The molecule has 1 fully saturated rings. The zero-order valence-corrected chi connectivity index (χ0v) is 12.3. The van der Waals surface area contributed by atoms with Crippen LogP contribution < -0.4 is 4.90 Å². The lowest BCUT2D eigenvalue weighted by atomic mass is 9.96. The summed E-state index contributed by atoms with van der Waals surface area (Å²) >= 11 is 0. The SMILES string of the molecule is CN1CCN2c3ccc(O)cc3Cc3ccccc3C2C1. The van der Waals surface area contributed by atoms with Crippen LogP contribution in [0.15, 0.2) is 42.5 Å². The van der Waals surface area contributed by atoms with Gasteiger partial charge in [0.1, 0.15) is 5.75 Å². The van der Waals surface area contributed by atoms with Gasteiger partial charge in [-0.2, -0.15) is 0 Å². The van der Waals surface area contributed by atoms with E-state index in [1.807, 2.05) is 12.1 Å². The van der Waals surface area contributed by atoms with Crippen molar-refractivity contribution >= 4 is 5.69 Å². The van der Waals surface area contributed by atoms with Crippen molar-refractivity contribution in [2.24, 2.45) is 0 Å². The summed E-state index contributed by atoms with van der Waals surface area (Å²) in [6.45, 7) is 3.17. The summed E-state index contributed by atoms with van der Waals surface area (Å²) < 4.78 is 0.